The van der Waals surface area contributed by atoms with E-state index >= 15 is 0 Å². The number of benzene rings is 1. The summed E-state index contributed by atoms with van der Waals surface area (Å²) in [5.41, 5.74) is 0.398. The molecule has 1 aromatic carbocycles. The van der Waals surface area contributed by atoms with Crippen molar-refractivity contribution in [2.45, 2.75) is 12.0 Å². The molecule has 6 nitrogen and oxygen atoms in total. The SMILES string of the molecule is O=C(CN1CCOCC1)N1CCO[C@@](CO)(Cc2ccccc2)C1. The first-order chi connectivity index (χ1) is 11.7. The molecule has 1 N–H and O–H groups in total. The van der Waals surface area contributed by atoms with Crippen LogP contribution in [0.4, 0.5) is 0 Å². The molecule has 6 heteroatoms. The van der Waals surface area contributed by atoms with Crippen molar-refractivity contribution in [3.8, 4) is 0 Å². The first kappa shape index (κ1) is 17.4. The lowest BCUT2D eigenvalue weighted by molar-refractivity contribution is -0.159. The van der Waals surface area contributed by atoms with Crippen LogP contribution in [0.5, 0.6) is 0 Å². The number of amides is 1. The number of rotatable bonds is 5. The zero-order valence-corrected chi connectivity index (χ0v) is 14.0. The van der Waals surface area contributed by atoms with Crippen LogP contribution in [0.2, 0.25) is 0 Å². The Balaban J connectivity index is 1.62. The van der Waals surface area contributed by atoms with Gasteiger partial charge in [-0.15, -0.1) is 0 Å². The lowest BCUT2D eigenvalue weighted by Gasteiger charge is -2.42. The van der Waals surface area contributed by atoms with Gasteiger partial charge in [0.2, 0.25) is 5.91 Å². The van der Waals surface area contributed by atoms with Crippen LogP contribution in [0.15, 0.2) is 30.3 Å². The van der Waals surface area contributed by atoms with Gasteiger partial charge in [0.1, 0.15) is 5.60 Å². The molecule has 0 aliphatic carbocycles. The van der Waals surface area contributed by atoms with Gasteiger partial charge in [-0.25, -0.2) is 0 Å². The van der Waals surface area contributed by atoms with Crippen molar-refractivity contribution in [1.29, 1.82) is 0 Å². The predicted molar refractivity (Wildman–Crippen MR) is 89.8 cm³/mol. The molecule has 2 heterocycles. The van der Waals surface area contributed by atoms with Crippen LogP contribution >= 0.6 is 0 Å². The smallest absolute Gasteiger partial charge is 0.236 e. The van der Waals surface area contributed by atoms with Gasteiger partial charge in [-0.05, 0) is 5.56 Å². The summed E-state index contributed by atoms with van der Waals surface area (Å²) in [6, 6.07) is 9.97. The van der Waals surface area contributed by atoms with Crippen LogP contribution in [-0.4, -0.2) is 85.6 Å². The summed E-state index contributed by atoms with van der Waals surface area (Å²) in [5.74, 6) is 0.103. The number of nitrogens with zero attached hydrogens (tertiary/aromatic N) is 2. The number of morpholine rings is 2. The molecule has 132 valence electrons. The van der Waals surface area contributed by atoms with Crippen molar-refractivity contribution in [3.05, 3.63) is 35.9 Å². The fraction of sp³-hybridized carbons (Fsp3) is 0.611. The molecule has 0 spiro atoms. The third-order valence-electron chi connectivity index (χ3n) is 4.72. The highest BCUT2D eigenvalue weighted by Gasteiger charge is 2.38. The highest BCUT2D eigenvalue weighted by molar-refractivity contribution is 5.78. The van der Waals surface area contributed by atoms with Crippen molar-refractivity contribution < 1.29 is 19.4 Å². The first-order valence-corrected chi connectivity index (χ1v) is 8.57. The molecular formula is C18H26N2O4. The number of aliphatic hydroxyl groups excluding tert-OH is 1. The molecule has 2 fully saturated rings. The van der Waals surface area contributed by atoms with Crippen LogP contribution < -0.4 is 0 Å². The van der Waals surface area contributed by atoms with E-state index in [2.05, 4.69) is 4.90 Å². The van der Waals surface area contributed by atoms with Gasteiger partial charge in [0.05, 0.1) is 39.5 Å². The third-order valence-corrected chi connectivity index (χ3v) is 4.72. The standard InChI is InChI=1S/C18H26N2O4/c21-15-18(12-16-4-2-1-3-5-16)14-20(8-11-24-18)17(22)13-19-6-9-23-10-7-19/h1-5,21H,6-15H2/t18-/m0/s1. The predicted octanol–water partition coefficient (Wildman–Crippen LogP) is 0.151. The van der Waals surface area contributed by atoms with E-state index in [1.807, 2.05) is 35.2 Å². The fourth-order valence-corrected chi connectivity index (χ4v) is 3.33. The first-order valence-electron chi connectivity index (χ1n) is 8.57. The summed E-state index contributed by atoms with van der Waals surface area (Å²) in [4.78, 5) is 16.6. The summed E-state index contributed by atoms with van der Waals surface area (Å²) >= 11 is 0. The van der Waals surface area contributed by atoms with Gasteiger partial charge in [0.15, 0.2) is 0 Å². The van der Waals surface area contributed by atoms with Crippen molar-refractivity contribution in [3.63, 3.8) is 0 Å². The minimum atomic E-state index is -0.708. The molecule has 3 rings (SSSR count). The summed E-state index contributed by atoms with van der Waals surface area (Å²) in [6.07, 6.45) is 0.603. The molecule has 1 amide bonds. The molecule has 1 aromatic rings. The molecule has 2 aliphatic rings. The van der Waals surface area contributed by atoms with Crippen LogP contribution in [0, 0.1) is 0 Å². The maximum atomic E-state index is 12.6. The van der Waals surface area contributed by atoms with E-state index in [1.54, 1.807) is 0 Å². The Bertz CT molecular complexity index is 533. The van der Waals surface area contributed by atoms with Crippen LogP contribution in [0.3, 0.4) is 0 Å². The number of ether oxygens (including phenoxy) is 2. The second kappa shape index (κ2) is 8.07. The van der Waals surface area contributed by atoms with Crippen LogP contribution in [0.1, 0.15) is 5.56 Å². The molecular weight excluding hydrogens is 308 g/mol. The minimum absolute atomic E-state index is 0.0940. The van der Waals surface area contributed by atoms with Crippen molar-refractivity contribution >= 4 is 5.91 Å². The van der Waals surface area contributed by atoms with Crippen molar-refractivity contribution in [1.82, 2.24) is 9.80 Å². The summed E-state index contributed by atoms with van der Waals surface area (Å²) in [7, 11) is 0. The van der Waals surface area contributed by atoms with E-state index in [0.29, 0.717) is 45.9 Å². The van der Waals surface area contributed by atoms with Gasteiger partial charge < -0.3 is 19.5 Å². The molecule has 0 bridgehead atoms. The highest BCUT2D eigenvalue weighted by Crippen LogP contribution is 2.23. The van der Waals surface area contributed by atoms with Crippen molar-refractivity contribution in [2.75, 3.05) is 59.2 Å². The second-order valence-corrected chi connectivity index (χ2v) is 6.56. The summed E-state index contributed by atoms with van der Waals surface area (Å²) in [6.45, 7) is 4.76. The van der Waals surface area contributed by atoms with Gasteiger partial charge in [-0.1, -0.05) is 30.3 Å². The average molecular weight is 334 g/mol. The fourth-order valence-electron chi connectivity index (χ4n) is 3.33. The monoisotopic (exact) mass is 334 g/mol. The minimum Gasteiger partial charge on any atom is -0.393 e. The quantitative estimate of drug-likeness (QED) is 0.831. The van der Waals surface area contributed by atoms with E-state index in [1.165, 1.54) is 0 Å². The maximum Gasteiger partial charge on any atom is 0.236 e. The summed E-state index contributed by atoms with van der Waals surface area (Å²) < 4.78 is 11.2. The van der Waals surface area contributed by atoms with E-state index < -0.39 is 5.60 Å². The van der Waals surface area contributed by atoms with Crippen molar-refractivity contribution in [2.24, 2.45) is 0 Å². The molecule has 0 unspecified atom stereocenters. The van der Waals surface area contributed by atoms with Crippen LogP contribution in [-0.2, 0) is 20.7 Å². The van der Waals surface area contributed by atoms with Gasteiger partial charge in [-0.2, -0.15) is 0 Å². The summed E-state index contributed by atoms with van der Waals surface area (Å²) in [5, 5.41) is 9.93. The Morgan fingerprint density at radius 2 is 1.88 bits per heavy atom. The lowest BCUT2D eigenvalue weighted by Crippen LogP contribution is -2.58. The molecule has 2 aliphatic heterocycles. The number of hydrogen-bond acceptors (Lipinski definition) is 5. The number of hydrogen-bond donors (Lipinski definition) is 1. The Morgan fingerprint density at radius 3 is 2.58 bits per heavy atom. The molecule has 24 heavy (non-hydrogen) atoms. The number of carbonyl (C=O) groups is 1. The van der Waals surface area contributed by atoms with Gasteiger partial charge in [0, 0.05) is 26.1 Å². The Labute approximate surface area is 143 Å². The highest BCUT2D eigenvalue weighted by atomic mass is 16.5. The lowest BCUT2D eigenvalue weighted by atomic mass is 9.93. The van der Waals surface area contributed by atoms with E-state index in [0.717, 1.165) is 18.7 Å². The number of carbonyl (C=O) groups excluding carboxylic acids is 1. The molecule has 2 saturated heterocycles. The average Bonchev–Trinajstić information content (AvgIpc) is 2.63. The molecule has 1 atom stereocenters. The molecule has 0 aromatic heterocycles. The van der Waals surface area contributed by atoms with E-state index in [4.69, 9.17) is 9.47 Å². The molecule has 0 saturated carbocycles. The third kappa shape index (κ3) is 4.33. The number of aliphatic hydroxyl groups is 1. The van der Waals surface area contributed by atoms with Gasteiger partial charge >= 0.3 is 0 Å². The largest absolute Gasteiger partial charge is 0.393 e. The van der Waals surface area contributed by atoms with Gasteiger partial charge in [0.25, 0.3) is 0 Å². The molecule has 0 radical (unpaired) electrons. The van der Waals surface area contributed by atoms with Gasteiger partial charge in [-0.3, -0.25) is 9.69 Å². The van der Waals surface area contributed by atoms with Crippen LogP contribution in [0.25, 0.3) is 0 Å². The zero-order chi connectivity index (χ0) is 16.8. The normalized spacial score (nSPS) is 25.6. The Kier molecular flexibility index (Phi) is 5.84. The van der Waals surface area contributed by atoms with E-state index in [9.17, 15) is 9.90 Å². The second-order valence-electron chi connectivity index (χ2n) is 6.56. The van der Waals surface area contributed by atoms with E-state index in [-0.39, 0.29) is 12.5 Å². The zero-order valence-electron chi connectivity index (χ0n) is 14.0. The maximum absolute atomic E-state index is 12.6. The Hall–Kier alpha value is -1.47. The Morgan fingerprint density at radius 1 is 1.12 bits per heavy atom. The topological polar surface area (TPSA) is 62.2 Å².